The van der Waals surface area contributed by atoms with Crippen LogP contribution >= 0.6 is 27.3 Å². The second-order valence-corrected chi connectivity index (χ2v) is 11.1. The van der Waals surface area contributed by atoms with Crippen LogP contribution in [0.15, 0.2) is 44.4 Å². The number of hydrogen-bond acceptors (Lipinski definition) is 4. The van der Waals surface area contributed by atoms with Gasteiger partial charge in [-0.25, -0.2) is 8.42 Å². The van der Waals surface area contributed by atoms with E-state index >= 15 is 0 Å². The van der Waals surface area contributed by atoms with E-state index in [4.69, 9.17) is 0 Å². The molecule has 0 aliphatic carbocycles. The van der Waals surface area contributed by atoms with Crippen molar-refractivity contribution in [2.45, 2.75) is 44.7 Å². The van der Waals surface area contributed by atoms with Gasteiger partial charge in [0.05, 0.1) is 8.68 Å². The summed E-state index contributed by atoms with van der Waals surface area (Å²) in [7, 11) is -2.08. The highest BCUT2D eigenvalue weighted by molar-refractivity contribution is 9.11. The van der Waals surface area contributed by atoms with E-state index < -0.39 is 16.1 Å². The number of carbonyl (C=O) groups is 1. The van der Waals surface area contributed by atoms with Crippen LogP contribution in [-0.2, 0) is 21.4 Å². The van der Waals surface area contributed by atoms with E-state index in [9.17, 15) is 13.2 Å². The molecular weight excluding hydrogens is 448 g/mol. The van der Waals surface area contributed by atoms with E-state index in [-0.39, 0.29) is 16.7 Å². The molecule has 0 aliphatic rings. The van der Waals surface area contributed by atoms with Gasteiger partial charge in [-0.15, -0.1) is 11.3 Å². The minimum atomic E-state index is -3.77. The number of rotatable bonds is 8. The van der Waals surface area contributed by atoms with E-state index in [0.29, 0.717) is 13.0 Å². The Balaban J connectivity index is 2.17. The first-order valence-corrected chi connectivity index (χ1v) is 11.8. The predicted octanol–water partition coefficient (Wildman–Crippen LogP) is 4.17. The molecule has 0 bridgehead atoms. The smallest absolute Gasteiger partial charge is 0.241 e. The van der Waals surface area contributed by atoms with Crippen molar-refractivity contribution in [3.05, 3.63) is 50.6 Å². The average Bonchev–Trinajstić information content (AvgIpc) is 2.98. The van der Waals surface area contributed by atoms with Crippen LogP contribution in [0.25, 0.3) is 0 Å². The maximum absolute atomic E-state index is 12.9. The highest BCUT2D eigenvalue weighted by Gasteiger charge is 2.28. The fourth-order valence-electron chi connectivity index (χ4n) is 2.69. The van der Waals surface area contributed by atoms with Crippen LogP contribution < -0.4 is 4.72 Å². The normalized spacial score (nSPS) is 13.0. The Kier molecular flexibility index (Phi) is 7.62. The predicted molar refractivity (Wildman–Crippen MR) is 113 cm³/mol. The SMILES string of the molecule is Cc1ccc(S(=O)(=O)NC(CC(C)C)C(=O)N(C)Cc2csc(Br)c2)cc1. The number of nitrogens with one attached hydrogen (secondary N) is 1. The van der Waals surface area contributed by atoms with E-state index in [1.807, 2.05) is 32.2 Å². The number of benzene rings is 1. The summed E-state index contributed by atoms with van der Waals surface area (Å²) >= 11 is 4.97. The van der Waals surface area contributed by atoms with Crippen molar-refractivity contribution in [1.82, 2.24) is 9.62 Å². The van der Waals surface area contributed by atoms with Gasteiger partial charge >= 0.3 is 0 Å². The average molecular weight is 473 g/mol. The monoisotopic (exact) mass is 472 g/mol. The molecule has 2 rings (SSSR count). The topological polar surface area (TPSA) is 66.5 Å². The molecule has 0 radical (unpaired) electrons. The largest absolute Gasteiger partial charge is 0.340 e. The van der Waals surface area contributed by atoms with Gasteiger partial charge in [0.25, 0.3) is 0 Å². The van der Waals surface area contributed by atoms with Gasteiger partial charge in [0.15, 0.2) is 0 Å². The molecular formula is C19H25BrN2O3S2. The van der Waals surface area contributed by atoms with Gasteiger partial charge in [-0.2, -0.15) is 4.72 Å². The summed E-state index contributed by atoms with van der Waals surface area (Å²) < 4.78 is 29.1. The molecule has 0 aliphatic heterocycles. The molecule has 1 heterocycles. The Bertz CT molecular complexity index is 877. The Morgan fingerprint density at radius 3 is 2.41 bits per heavy atom. The van der Waals surface area contributed by atoms with Crippen molar-refractivity contribution in [3.8, 4) is 0 Å². The quantitative estimate of drug-likeness (QED) is 0.626. The number of sulfonamides is 1. The second kappa shape index (κ2) is 9.32. The maximum atomic E-state index is 12.9. The summed E-state index contributed by atoms with van der Waals surface area (Å²) in [6.45, 7) is 6.27. The standard InChI is InChI=1S/C19H25BrN2O3S2/c1-13(2)9-17(19(23)22(4)11-15-10-18(20)26-12-15)21-27(24,25)16-7-5-14(3)6-8-16/h5-8,10,12-13,17,21H,9,11H2,1-4H3. The van der Waals surface area contributed by atoms with Gasteiger partial charge < -0.3 is 4.90 Å². The Morgan fingerprint density at radius 1 is 1.26 bits per heavy atom. The maximum Gasteiger partial charge on any atom is 0.241 e. The lowest BCUT2D eigenvalue weighted by molar-refractivity contribution is -0.132. The summed E-state index contributed by atoms with van der Waals surface area (Å²) in [5.41, 5.74) is 1.98. The van der Waals surface area contributed by atoms with Gasteiger partial charge in [0, 0.05) is 13.6 Å². The van der Waals surface area contributed by atoms with Crippen LogP contribution in [0.1, 0.15) is 31.4 Å². The molecule has 0 saturated carbocycles. The Morgan fingerprint density at radius 2 is 1.89 bits per heavy atom. The van der Waals surface area contributed by atoms with Gasteiger partial charge in [-0.1, -0.05) is 31.5 Å². The summed E-state index contributed by atoms with van der Waals surface area (Å²) in [5.74, 6) is -0.0648. The summed E-state index contributed by atoms with van der Waals surface area (Å²) in [6, 6.07) is 7.76. The molecule has 0 fully saturated rings. The zero-order valence-corrected chi connectivity index (χ0v) is 19.1. The van der Waals surface area contributed by atoms with Crippen molar-refractivity contribution in [3.63, 3.8) is 0 Å². The highest BCUT2D eigenvalue weighted by atomic mass is 79.9. The molecule has 5 nitrogen and oxygen atoms in total. The summed E-state index contributed by atoms with van der Waals surface area (Å²) in [5, 5.41) is 1.97. The van der Waals surface area contributed by atoms with E-state index in [0.717, 1.165) is 14.9 Å². The van der Waals surface area contributed by atoms with Crippen LogP contribution in [0, 0.1) is 12.8 Å². The molecule has 1 amide bonds. The minimum absolute atomic E-state index is 0.166. The van der Waals surface area contributed by atoms with Gasteiger partial charge in [-0.05, 0) is 64.3 Å². The van der Waals surface area contributed by atoms with Crippen LogP contribution in [0.4, 0.5) is 0 Å². The fraction of sp³-hybridized carbons (Fsp3) is 0.421. The Hall–Kier alpha value is -1.22. The van der Waals surface area contributed by atoms with Gasteiger partial charge in [0.1, 0.15) is 6.04 Å². The number of nitrogens with zero attached hydrogens (tertiary/aromatic N) is 1. The van der Waals surface area contributed by atoms with Crippen molar-refractivity contribution in [1.29, 1.82) is 0 Å². The lowest BCUT2D eigenvalue weighted by Gasteiger charge is -2.25. The molecule has 148 valence electrons. The lowest BCUT2D eigenvalue weighted by Crippen LogP contribution is -2.47. The number of amides is 1. The minimum Gasteiger partial charge on any atom is -0.340 e. The zero-order chi connectivity index (χ0) is 20.2. The number of likely N-dealkylation sites (N-methyl/N-ethyl adjacent to an activating group) is 1. The van der Waals surface area contributed by atoms with Gasteiger partial charge in [0.2, 0.25) is 15.9 Å². The molecule has 2 aromatic rings. The van der Waals surface area contributed by atoms with Crippen molar-refractivity contribution >= 4 is 43.2 Å². The molecule has 1 atom stereocenters. The molecule has 0 spiro atoms. The van der Waals surface area contributed by atoms with E-state index in [1.54, 1.807) is 47.5 Å². The van der Waals surface area contributed by atoms with E-state index in [1.165, 1.54) is 0 Å². The van der Waals surface area contributed by atoms with Gasteiger partial charge in [-0.3, -0.25) is 4.79 Å². The van der Waals surface area contributed by atoms with Crippen molar-refractivity contribution in [2.75, 3.05) is 7.05 Å². The third-order valence-corrected chi connectivity index (χ3v) is 7.09. The molecule has 0 saturated heterocycles. The second-order valence-electron chi connectivity index (χ2n) is 7.07. The number of carbonyl (C=O) groups excluding carboxylic acids is 1. The number of aryl methyl sites for hydroxylation is 1. The molecule has 1 aromatic heterocycles. The molecule has 1 unspecified atom stereocenters. The highest BCUT2D eigenvalue weighted by Crippen LogP contribution is 2.22. The summed E-state index contributed by atoms with van der Waals surface area (Å²) in [6.07, 6.45) is 0.432. The first-order valence-electron chi connectivity index (χ1n) is 8.65. The van der Waals surface area contributed by atoms with Crippen LogP contribution in [0.3, 0.4) is 0 Å². The third kappa shape index (κ3) is 6.41. The van der Waals surface area contributed by atoms with Crippen LogP contribution in [0.2, 0.25) is 0 Å². The fourth-order valence-corrected chi connectivity index (χ4v) is 5.09. The van der Waals surface area contributed by atoms with Crippen molar-refractivity contribution < 1.29 is 13.2 Å². The lowest BCUT2D eigenvalue weighted by atomic mass is 10.0. The first-order chi connectivity index (χ1) is 12.6. The zero-order valence-electron chi connectivity index (χ0n) is 15.9. The number of halogens is 1. The Labute approximate surface area is 174 Å². The summed E-state index contributed by atoms with van der Waals surface area (Å²) in [4.78, 5) is 14.7. The van der Waals surface area contributed by atoms with Crippen LogP contribution in [-0.4, -0.2) is 32.3 Å². The van der Waals surface area contributed by atoms with Crippen LogP contribution in [0.5, 0.6) is 0 Å². The van der Waals surface area contributed by atoms with Crippen molar-refractivity contribution in [2.24, 2.45) is 5.92 Å². The molecule has 1 N–H and O–H groups in total. The number of hydrogen-bond donors (Lipinski definition) is 1. The first kappa shape index (κ1) is 22.1. The van der Waals surface area contributed by atoms with E-state index in [2.05, 4.69) is 20.7 Å². The molecule has 8 heteroatoms. The third-order valence-electron chi connectivity index (χ3n) is 4.05. The molecule has 27 heavy (non-hydrogen) atoms. The molecule has 1 aromatic carbocycles. The number of thiophene rings is 1.